The average molecular weight is 475 g/mol. The Morgan fingerprint density at radius 3 is 2.88 bits per heavy atom. The summed E-state index contributed by atoms with van der Waals surface area (Å²) in [6.07, 6.45) is 7.13. The van der Waals surface area contributed by atoms with Crippen LogP contribution in [0.3, 0.4) is 0 Å². The van der Waals surface area contributed by atoms with Crippen molar-refractivity contribution < 1.29 is 19.1 Å². The van der Waals surface area contributed by atoms with Crippen molar-refractivity contribution in [3.63, 3.8) is 0 Å². The Morgan fingerprint density at radius 1 is 1.24 bits per heavy atom. The quantitative estimate of drug-likeness (QED) is 0.611. The second-order valence-corrected chi connectivity index (χ2v) is 9.68. The number of fused-ring (bicyclic) bond motifs is 3. The third kappa shape index (κ3) is 5.26. The average Bonchev–Trinajstić information content (AvgIpc) is 3.20. The van der Waals surface area contributed by atoms with Gasteiger partial charge in [0.05, 0.1) is 24.2 Å². The van der Waals surface area contributed by atoms with Gasteiger partial charge in [0.25, 0.3) is 5.56 Å². The molecule has 33 heavy (non-hydrogen) atoms. The Labute approximate surface area is 196 Å². The van der Waals surface area contributed by atoms with E-state index in [0.717, 1.165) is 48.9 Å². The summed E-state index contributed by atoms with van der Waals surface area (Å²) < 4.78 is 6.42. The maximum absolute atomic E-state index is 13.0. The van der Waals surface area contributed by atoms with E-state index in [1.807, 2.05) is 0 Å². The molecule has 2 aromatic heterocycles. The number of hydrogen-bond acceptors (Lipinski definition) is 7. The van der Waals surface area contributed by atoms with E-state index in [9.17, 15) is 19.2 Å². The molecule has 0 radical (unpaired) electrons. The smallest absolute Gasteiger partial charge is 0.310 e. The molecular weight excluding hydrogens is 444 g/mol. The topological polar surface area (TPSA) is 111 Å². The first-order valence-electron chi connectivity index (χ1n) is 11.7. The minimum Gasteiger partial charge on any atom is -0.466 e. The van der Waals surface area contributed by atoms with Crippen LogP contribution in [0.5, 0.6) is 0 Å². The van der Waals surface area contributed by atoms with Crippen molar-refractivity contribution in [2.45, 2.75) is 58.4 Å². The lowest BCUT2D eigenvalue weighted by Crippen LogP contribution is -2.44. The number of nitrogens with one attached hydrogen (secondary N) is 1. The lowest BCUT2D eigenvalue weighted by molar-refractivity contribution is -0.151. The van der Waals surface area contributed by atoms with Gasteiger partial charge in [-0.05, 0) is 51.0 Å². The van der Waals surface area contributed by atoms with Gasteiger partial charge in [-0.25, -0.2) is 4.98 Å². The van der Waals surface area contributed by atoms with Crippen molar-refractivity contribution in [3.05, 3.63) is 27.1 Å². The van der Waals surface area contributed by atoms with Crippen molar-refractivity contribution in [1.29, 1.82) is 0 Å². The number of esters is 1. The van der Waals surface area contributed by atoms with Crippen LogP contribution in [-0.4, -0.2) is 58.5 Å². The predicted octanol–water partition coefficient (Wildman–Crippen LogP) is 1.64. The lowest BCUT2D eigenvalue weighted by atomic mass is 9.97. The molecule has 1 fully saturated rings. The molecule has 178 valence electrons. The molecule has 0 bridgehead atoms. The van der Waals surface area contributed by atoms with Gasteiger partial charge < -0.3 is 15.0 Å². The van der Waals surface area contributed by atoms with Crippen LogP contribution < -0.4 is 10.9 Å². The van der Waals surface area contributed by atoms with Crippen LogP contribution in [0.2, 0.25) is 0 Å². The Bertz CT molecular complexity index is 1110. The minimum atomic E-state index is -0.335. The first kappa shape index (κ1) is 23.4. The minimum absolute atomic E-state index is 0.102. The van der Waals surface area contributed by atoms with E-state index in [2.05, 4.69) is 10.3 Å². The van der Waals surface area contributed by atoms with Gasteiger partial charge in [0.1, 0.15) is 11.4 Å². The molecule has 0 aromatic carbocycles. The third-order valence-electron chi connectivity index (χ3n) is 6.31. The number of likely N-dealkylation sites (tertiary alicyclic amines) is 1. The summed E-state index contributed by atoms with van der Waals surface area (Å²) >= 11 is 1.58. The molecule has 0 saturated carbocycles. The second kappa shape index (κ2) is 10.5. The number of thiophene rings is 1. The maximum Gasteiger partial charge on any atom is 0.310 e. The van der Waals surface area contributed by atoms with Gasteiger partial charge in [-0.15, -0.1) is 11.3 Å². The molecule has 10 heteroatoms. The Hall–Kier alpha value is -2.75. The number of hydrogen-bond donors (Lipinski definition) is 1. The van der Waals surface area contributed by atoms with Crippen LogP contribution >= 0.6 is 11.3 Å². The van der Waals surface area contributed by atoms with Crippen LogP contribution in [0.15, 0.2) is 11.1 Å². The molecule has 1 aliphatic carbocycles. The number of piperidine rings is 1. The molecule has 3 heterocycles. The summed E-state index contributed by atoms with van der Waals surface area (Å²) in [5.74, 6) is -0.978. The van der Waals surface area contributed by atoms with Crippen LogP contribution in [-0.2, 0) is 38.5 Å². The summed E-state index contributed by atoms with van der Waals surface area (Å²) in [5.41, 5.74) is 0.922. The summed E-state index contributed by atoms with van der Waals surface area (Å²) in [6.45, 7) is 3.11. The fraction of sp³-hybridized carbons (Fsp3) is 0.609. The molecule has 2 amide bonds. The van der Waals surface area contributed by atoms with Gasteiger partial charge in [0, 0.05) is 30.9 Å². The number of nitrogens with zero attached hydrogens (tertiary/aromatic N) is 3. The molecule has 1 atom stereocenters. The highest BCUT2D eigenvalue weighted by Gasteiger charge is 2.29. The van der Waals surface area contributed by atoms with Crippen LogP contribution in [0, 0.1) is 5.92 Å². The summed E-state index contributed by atoms with van der Waals surface area (Å²) in [6, 6.07) is 0. The normalized spacial score (nSPS) is 18.1. The monoisotopic (exact) mass is 474 g/mol. The highest BCUT2D eigenvalue weighted by Crippen LogP contribution is 2.33. The zero-order chi connectivity index (χ0) is 23.4. The molecule has 9 nitrogen and oxygen atoms in total. The van der Waals surface area contributed by atoms with E-state index < -0.39 is 0 Å². The van der Waals surface area contributed by atoms with E-state index in [-0.39, 0.29) is 48.8 Å². The highest BCUT2D eigenvalue weighted by molar-refractivity contribution is 7.18. The van der Waals surface area contributed by atoms with E-state index in [1.165, 1.54) is 15.8 Å². The van der Waals surface area contributed by atoms with Gasteiger partial charge in [-0.2, -0.15) is 0 Å². The summed E-state index contributed by atoms with van der Waals surface area (Å²) in [7, 11) is 0. The number of carbonyl (C=O) groups excluding carboxylic acids is 3. The first-order valence-corrected chi connectivity index (χ1v) is 12.5. The fourth-order valence-electron chi connectivity index (χ4n) is 4.63. The molecule has 1 aliphatic heterocycles. The number of aryl methyl sites for hydroxylation is 2. The van der Waals surface area contributed by atoms with Crippen molar-refractivity contribution in [2.75, 3.05) is 26.2 Å². The van der Waals surface area contributed by atoms with E-state index in [4.69, 9.17) is 4.74 Å². The van der Waals surface area contributed by atoms with E-state index in [0.29, 0.717) is 25.1 Å². The fourth-order valence-corrected chi connectivity index (χ4v) is 5.85. The van der Waals surface area contributed by atoms with E-state index in [1.54, 1.807) is 23.2 Å². The first-order chi connectivity index (χ1) is 16.0. The Balaban J connectivity index is 1.29. The molecule has 2 aliphatic rings. The number of amides is 2. The van der Waals surface area contributed by atoms with Crippen LogP contribution in [0.1, 0.15) is 49.5 Å². The van der Waals surface area contributed by atoms with Crippen molar-refractivity contribution in [2.24, 2.45) is 5.92 Å². The number of aromatic nitrogens is 2. The van der Waals surface area contributed by atoms with Crippen molar-refractivity contribution in [1.82, 2.24) is 19.8 Å². The molecule has 4 rings (SSSR count). The molecule has 1 saturated heterocycles. The van der Waals surface area contributed by atoms with Crippen LogP contribution in [0.4, 0.5) is 0 Å². The summed E-state index contributed by atoms with van der Waals surface area (Å²) in [5, 5.41) is 3.38. The van der Waals surface area contributed by atoms with Gasteiger partial charge in [-0.3, -0.25) is 23.7 Å². The number of ether oxygens (including phenoxy) is 1. The SMILES string of the molecule is CCOC(=O)C1CCCN(C(=O)CCNC(=O)Cn2cnc3sc4c(c3c2=O)CCCC4)C1. The van der Waals surface area contributed by atoms with Gasteiger partial charge >= 0.3 is 5.97 Å². The highest BCUT2D eigenvalue weighted by atomic mass is 32.1. The largest absolute Gasteiger partial charge is 0.466 e. The molecule has 1 unspecified atom stereocenters. The molecule has 0 spiro atoms. The molecular formula is C23H30N4O5S. The van der Waals surface area contributed by atoms with Gasteiger partial charge in [0.2, 0.25) is 11.8 Å². The van der Waals surface area contributed by atoms with E-state index >= 15 is 0 Å². The second-order valence-electron chi connectivity index (χ2n) is 8.60. The Kier molecular flexibility index (Phi) is 7.42. The standard InChI is InChI=1S/C23H30N4O5S/c1-2-32-23(31)15-6-5-11-26(12-15)19(29)9-10-24-18(28)13-27-14-25-21-20(22(27)30)16-7-3-4-8-17(16)33-21/h14-15H,2-13H2,1H3,(H,24,28). The van der Waals surface area contributed by atoms with Crippen molar-refractivity contribution >= 4 is 39.3 Å². The van der Waals surface area contributed by atoms with Crippen LogP contribution in [0.25, 0.3) is 10.2 Å². The zero-order valence-corrected chi connectivity index (χ0v) is 19.7. The van der Waals surface area contributed by atoms with Gasteiger partial charge in [-0.1, -0.05) is 0 Å². The predicted molar refractivity (Wildman–Crippen MR) is 124 cm³/mol. The number of rotatable bonds is 7. The summed E-state index contributed by atoms with van der Waals surface area (Å²) in [4.78, 5) is 57.9. The molecule has 1 N–H and O–H groups in total. The Morgan fingerprint density at radius 2 is 2.06 bits per heavy atom. The van der Waals surface area contributed by atoms with Crippen molar-refractivity contribution in [3.8, 4) is 0 Å². The third-order valence-corrected chi connectivity index (χ3v) is 7.51. The molecule has 2 aromatic rings. The number of carbonyl (C=O) groups is 3. The van der Waals surface area contributed by atoms with Gasteiger partial charge in [0.15, 0.2) is 0 Å². The zero-order valence-electron chi connectivity index (χ0n) is 18.9. The lowest BCUT2D eigenvalue weighted by Gasteiger charge is -2.31. The maximum atomic E-state index is 13.0.